The summed E-state index contributed by atoms with van der Waals surface area (Å²) in [5.41, 5.74) is 25.0. The molecule has 3 aliphatic rings. The van der Waals surface area contributed by atoms with Crippen LogP contribution in [0.2, 0.25) is 0 Å². The molecule has 0 atom stereocenters. The number of anilines is 2. The topological polar surface area (TPSA) is 8.17 Å². The Balaban J connectivity index is 1.16. The molecule has 1 aliphatic carbocycles. The van der Waals surface area contributed by atoms with Crippen LogP contribution in [-0.2, 0) is 21.7 Å². The third-order valence-electron chi connectivity index (χ3n) is 17.6. The third kappa shape index (κ3) is 6.33. The highest BCUT2D eigenvalue weighted by Gasteiger charge is 2.48. The van der Waals surface area contributed by atoms with E-state index in [4.69, 9.17) is 0 Å². The second-order valence-electron chi connectivity index (χ2n) is 25.7. The van der Waals surface area contributed by atoms with Crippen molar-refractivity contribution in [2.75, 3.05) is 4.81 Å². The lowest BCUT2D eigenvalue weighted by Gasteiger charge is -2.43. The molecule has 3 aromatic heterocycles. The first-order valence-electron chi connectivity index (χ1n) is 27.3. The first kappa shape index (κ1) is 46.2. The molecule has 0 radical (unpaired) electrons. The predicted molar refractivity (Wildman–Crippen MR) is 333 cm³/mol. The molecule has 15 rings (SSSR count). The lowest BCUT2D eigenvalue weighted by molar-refractivity contribution is 0.589. The van der Waals surface area contributed by atoms with E-state index in [0.29, 0.717) is 0 Å². The smallest absolute Gasteiger partial charge is 0.333 e. The van der Waals surface area contributed by atoms with E-state index in [1.807, 2.05) is 22.7 Å². The van der Waals surface area contributed by atoms with Crippen molar-refractivity contribution < 1.29 is 0 Å². The minimum absolute atomic E-state index is 0.00717. The number of hydrogen-bond acceptors (Lipinski definition) is 3. The van der Waals surface area contributed by atoms with E-state index in [9.17, 15) is 0 Å². The molecule has 0 spiro atoms. The molecule has 0 saturated carbocycles. The third-order valence-corrected chi connectivity index (χ3v) is 20.0. The number of fused-ring (bicyclic) bond motifs is 17. The Morgan fingerprint density at radius 2 is 1.09 bits per heavy atom. The van der Waals surface area contributed by atoms with Gasteiger partial charge in [0.05, 0.1) is 11.0 Å². The van der Waals surface area contributed by atoms with Crippen LogP contribution in [0.3, 0.4) is 0 Å². The molecule has 9 aromatic carbocycles. The molecule has 0 amide bonds. The second-order valence-corrected chi connectivity index (χ2v) is 27.8. The van der Waals surface area contributed by atoms with Crippen molar-refractivity contribution in [1.29, 1.82) is 0 Å². The van der Waals surface area contributed by atoms with Crippen LogP contribution >= 0.6 is 22.7 Å². The average Bonchev–Trinajstić information content (AvgIpc) is 3.99. The normalized spacial score (nSPS) is 14.6. The molecule has 2 nitrogen and oxygen atoms in total. The Morgan fingerprint density at radius 1 is 0.461 bits per heavy atom. The first-order valence-corrected chi connectivity index (χ1v) is 28.9. The van der Waals surface area contributed by atoms with Gasteiger partial charge in [0.1, 0.15) is 0 Å². The number of thiophene rings is 2. The number of nitrogens with zero attached hydrogens (tertiary/aromatic N) is 2. The molecule has 0 N–H and O–H groups in total. The van der Waals surface area contributed by atoms with Gasteiger partial charge in [-0.25, -0.2) is 0 Å². The van der Waals surface area contributed by atoms with Gasteiger partial charge in [0.25, 0.3) is 0 Å². The van der Waals surface area contributed by atoms with Gasteiger partial charge in [0, 0.05) is 79.5 Å². The molecule has 370 valence electrons. The summed E-state index contributed by atoms with van der Waals surface area (Å²) in [5, 5.41) is 6.73. The van der Waals surface area contributed by atoms with E-state index < -0.39 is 0 Å². The minimum Gasteiger partial charge on any atom is -0.376 e. The van der Waals surface area contributed by atoms with E-state index in [-0.39, 0.29) is 28.5 Å². The summed E-state index contributed by atoms with van der Waals surface area (Å²) >= 11 is 3.93. The van der Waals surface area contributed by atoms with Gasteiger partial charge in [-0.3, -0.25) is 0 Å². The van der Waals surface area contributed by atoms with E-state index in [0.717, 1.165) is 0 Å². The van der Waals surface area contributed by atoms with E-state index in [1.54, 1.807) is 0 Å². The summed E-state index contributed by atoms with van der Waals surface area (Å²) in [7, 11) is 0. The molecule has 76 heavy (non-hydrogen) atoms. The zero-order chi connectivity index (χ0) is 52.1. The van der Waals surface area contributed by atoms with Gasteiger partial charge in [-0.2, -0.15) is 0 Å². The van der Waals surface area contributed by atoms with Crippen LogP contribution in [0.15, 0.2) is 170 Å². The van der Waals surface area contributed by atoms with Crippen LogP contribution < -0.4 is 15.7 Å². The van der Waals surface area contributed by atoms with Crippen molar-refractivity contribution in [1.82, 2.24) is 4.57 Å². The van der Waals surface area contributed by atoms with Gasteiger partial charge >= 0.3 is 6.85 Å². The van der Waals surface area contributed by atoms with Crippen LogP contribution in [-0.4, -0.2) is 11.4 Å². The lowest BCUT2D eigenvalue weighted by atomic mass is 9.43. The zero-order valence-corrected chi connectivity index (χ0v) is 47.1. The molecular weight excluding hydrogens is 956 g/mol. The maximum atomic E-state index is 2.78. The Labute approximate surface area is 455 Å². The number of hydrogen-bond donors (Lipinski definition) is 0. The van der Waals surface area contributed by atoms with E-state index in [2.05, 4.69) is 255 Å². The molecule has 0 fully saturated rings. The average molecular weight is 1020 g/mol. The Bertz CT molecular complexity index is 4470. The highest BCUT2D eigenvalue weighted by atomic mass is 32.1. The van der Waals surface area contributed by atoms with Gasteiger partial charge in [-0.1, -0.05) is 191 Å². The highest BCUT2D eigenvalue weighted by molar-refractivity contribution is 7.27. The second kappa shape index (κ2) is 15.5. The molecule has 0 bridgehead atoms. The van der Waals surface area contributed by atoms with Crippen LogP contribution in [0, 0.1) is 0 Å². The standard InChI is InChI=1S/C71H61BN2S2/c1-68(2,3)42-26-30-45(31-27-42)74-56-38-53-48(47-34-43(69(4,5)6)28-32-52(47)71(53,10)11)36-50(56)61-62-46-24-18-19-25-58(46)75-67(62)63-49-35-44(70(7,8)9)29-33-55(49)73-57-37-51-59(39-54(57)72(74)64(61)65(63)73)76-66(41-22-16-13-17-23-41)60(51)40-20-14-12-15-21-40/h12-39H,1-11H3. The quantitative estimate of drug-likeness (QED) is 0.160. The zero-order valence-electron chi connectivity index (χ0n) is 45.5. The molecule has 2 aliphatic heterocycles. The van der Waals surface area contributed by atoms with Crippen LogP contribution in [0.25, 0.3) is 102 Å². The fraction of sp³-hybridized carbons (Fsp3) is 0.211. The van der Waals surface area contributed by atoms with E-state index >= 15 is 0 Å². The molecular formula is C71H61BN2S2. The maximum absolute atomic E-state index is 2.78. The number of benzene rings is 9. The molecule has 12 aromatic rings. The maximum Gasteiger partial charge on any atom is 0.333 e. The SMILES string of the molecule is CC(C)(C)c1ccc(N2B3c4cc5sc(-c6ccccc6)c(-c6ccccc6)c5cc4-n4c5ccc(C(C)(C)C)cc5c5c6sc7ccccc7c6c(c3c54)-c3cc4c(cc32)C(C)(C)c2ccc(C(C)(C)C)cc2-4)cc1. The summed E-state index contributed by atoms with van der Waals surface area (Å²) in [6.07, 6.45) is 0. The fourth-order valence-electron chi connectivity index (χ4n) is 13.6. The van der Waals surface area contributed by atoms with Crippen molar-refractivity contribution in [3.8, 4) is 49.5 Å². The summed E-state index contributed by atoms with van der Waals surface area (Å²) in [6.45, 7) is 25.9. The Hall–Kier alpha value is -7.18. The van der Waals surface area contributed by atoms with E-state index in [1.165, 1.54) is 152 Å². The lowest BCUT2D eigenvalue weighted by Crippen LogP contribution is -2.60. The van der Waals surface area contributed by atoms with Crippen LogP contribution in [0.5, 0.6) is 0 Å². The Kier molecular flexibility index (Phi) is 9.41. The highest BCUT2D eigenvalue weighted by Crippen LogP contribution is 2.58. The van der Waals surface area contributed by atoms with Gasteiger partial charge in [0.2, 0.25) is 0 Å². The molecule has 5 heterocycles. The first-order chi connectivity index (χ1) is 36.4. The van der Waals surface area contributed by atoms with Crippen molar-refractivity contribution >= 4 is 104 Å². The summed E-state index contributed by atoms with van der Waals surface area (Å²) in [6, 6.07) is 66.3. The largest absolute Gasteiger partial charge is 0.376 e. The number of rotatable bonds is 3. The van der Waals surface area contributed by atoms with Crippen molar-refractivity contribution in [2.24, 2.45) is 0 Å². The van der Waals surface area contributed by atoms with Crippen molar-refractivity contribution in [3.05, 3.63) is 198 Å². The Morgan fingerprint density at radius 3 is 1.80 bits per heavy atom. The van der Waals surface area contributed by atoms with Crippen LogP contribution in [0.1, 0.15) is 104 Å². The molecule has 0 unspecified atom stereocenters. The summed E-state index contributed by atoms with van der Waals surface area (Å²) < 4.78 is 6.73. The summed E-state index contributed by atoms with van der Waals surface area (Å²) in [4.78, 5) is 4.09. The minimum atomic E-state index is -0.209. The van der Waals surface area contributed by atoms with Crippen LogP contribution in [0.4, 0.5) is 11.4 Å². The van der Waals surface area contributed by atoms with Gasteiger partial charge < -0.3 is 9.38 Å². The monoisotopic (exact) mass is 1020 g/mol. The van der Waals surface area contributed by atoms with Gasteiger partial charge in [-0.15, -0.1) is 22.7 Å². The fourth-order valence-corrected chi connectivity index (χ4v) is 16.2. The van der Waals surface area contributed by atoms with Gasteiger partial charge in [0.15, 0.2) is 0 Å². The summed E-state index contributed by atoms with van der Waals surface area (Å²) in [5.74, 6) is 0. The predicted octanol–water partition coefficient (Wildman–Crippen LogP) is 19.1. The number of aromatic nitrogens is 1. The molecule has 0 saturated heterocycles. The molecule has 5 heteroatoms. The van der Waals surface area contributed by atoms with Crippen molar-refractivity contribution in [2.45, 2.75) is 97.8 Å². The van der Waals surface area contributed by atoms with Crippen molar-refractivity contribution in [3.63, 3.8) is 0 Å². The van der Waals surface area contributed by atoms with Gasteiger partial charge in [-0.05, 0) is 137 Å².